The molecule has 2 amide bonds. The number of carbonyl (C=O) groups is 1. The van der Waals surface area contributed by atoms with E-state index in [9.17, 15) is 9.90 Å². The number of nitrogens with one attached hydrogen (secondary N) is 2. The van der Waals surface area contributed by atoms with Gasteiger partial charge in [-0.1, -0.05) is 41.4 Å². The molecule has 2 rings (SSSR count). The Hall–Kier alpha value is -1.82. The number of pyridine rings is 1. The molecular weight excluding hydrogens is 313 g/mol. The minimum absolute atomic E-state index is 0.0361. The van der Waals surface area contributed by atoms with Gasteiger partial charge in [-0.25, -0.2) is 9.78 Å². The highest BCUT2D eigenvalue weighted by Crippen LogP contribution is 2.21. The average Bonchev–Trinajstić information content (AvgIpc) is 2.45. The second-order valence-electron chi connectivity index (χ2n) is 4.24. The molecule has 0 bridgehead atoms. The third-order valence-electron chi connectivity index (χ3n) is 2.70. The monoisotopic (exact) mass is 325 g/mol. The van der Waals surface area contributed by atoms with Crippen molar-refractivity contribution in [3.8, 4) is 0 Å². The smallest absolute Gasteiger partial charge is 0.319 e. The highest BCUT2D eigenvalue weighted by Gasteiger charge is 2.12. The Balaban J connectivity index is 1.88. The summed E-state index contributed by atoms with van der Waals surface area (Å²) in [4.78, 5) is 15.5. The molecule has 1 aromatic heterocycles. The van der Waals surface area contributed by atoms with Gasteiger partial charge in [0.15, 0.2) is 0 Å². The molecule has 1 unspecified atom stereocenters. The number of carbonyl (C=O) groups excluding carboxylic acids is 1. The van der Waals surface area contributed by atoms with Crippen molar-refractivity contribution in [1.82, 2.24) is 10.3 Å². The van der Waals surface area contributed by atoms with Crippen LogP contribution in [0.3, 0.4) is 0 Å². The highest BCUT2D eigenvalue weighted by atomic mass is 35.5. The normalized spacial score (nSPS) is 11.8. The Bertz CT molecular complexity index is 637. The first-order valence-corrected chi connectivity index (χ1v) is 6.91. The van der Waals surface area contributed by atoms with E-state index in [1.54, 1.807) is 30.3 Å². The molecule has 2 aromatic rings. The van der Waals surface area contributed by atoms with E-state index >= 15 is 0 Å². The fourth-order valence-corrected chi connectivity index (χ4v) is 2.14. The van der Waals surface area contributed by atoms with Gasteiger partial charge in [-0.3, -0.25) is 0 Å². The predicted octanol–water partition coefficient (Wildman–Crippen LogP) is 3.24. The minimum atomic E-state index is -0.884. The summed E-state index contributed by atoms with van der Waals surface area (Å²) < 4.78 is 0. The van der Waals surface area contributed by atoms with Gasteiger partial charge < -0.3 is 15.7 Å². The molecule has 0 saturated carbocycles. The molecule has 1 atom stereocenters. The Morgan fingerprint density at radius 1 is 1.29 bits per heavy atom. The number of rotatable bonds is 4. The summed E-state index contributed by atoms with van der Waals surface area (Å²) in [5.74, 6) is 0. The number of benzene rings is 1. The molecular formula is C14H13Cl2N3O2. The first-order valence-electron chi connectivity index (χ1n) is 6.15. The largest absolute Gasteiger partial charge is 0.387 e. The molecule has 110 valence electrons. The van der Waals surface area contributed by atoms with E-state index in [1.165, 1.54) is 12.3 Å². The van der Waals surface area contributed by atoms with Crippen LogP contribution in [-0.4, -0.2) is 22.7 Å². The Labute approximate surface area is 131 Å². The number of aromatic nitrogens is 1. The summed E-state index contributed by atoms with van der Waals surface area (Å²) in [5, 5.41) is 15.9. The highest BCUT2D eigenvalue weighted by molar-refractivity contribution is 6.31. The summed E-state index contributed by atoms with van der Waals surface area (Å²) in [5.41, 5.74) is 1.08. The molecule has 3 N–H and O–H groups in total. The van der Waals surface area contributed by atoms with Crippen LogP contribution < -0.4 is 10.6 Å². The zero-order valence-corrected chi connectivity index (χ0v) is 12.4. The van der Waals surface area contributed by atoms with Crippen LogP contribution in [-0.2, 0) is 0 Å². The zero-order valence-electron chi connectivity index (χ0n) is 10.9. The summed E-state index contributed by atoms with van der Waals surface area (Å²) in [6.07, 6.45) is 0.599. The first kappa shape index (κ1) is 15.6. The van der Waals surface area contributed by atoms with Gasteiger partial charge in [0.1, 0.15) is 5.15 Å². The van der Waals surface area contributed by atoms with Crippen molar-refractivity contribution >= 4 is 34.9 Å². The van der Waals surface area contributed by atoms with E-state index in [4.69, 9.17) is 23.2 Å². The lowest BCUT2D eigenvalue weighted by Crippen LogP contribution is -2.32. The summed E-state index contributed by atoms with van der Waals surface area (Å²) in [6.45, 7) is 0.0361. The number of hydrogen-bond acceptors (Lipinski definition) is 3. The van der Waals surface area contributed by atoms with Gasteiger partial charge in [-0.15, -0.1) is 0 Å². The molecule has 0 fully saturated rings. The third-order valence-corrected chi connectivity index (χ3v) is 3.26. The second kappa shape index (κ2) is 7.26. The quantitative estimate of drug-likeness (QED) is 0.755. The van der Waals surface area contributed by atoms with Crippen LogP contribution in [0.5, 0.6) is 0 Å². The van der Waals surface area contributed by atoms with Crippen LogP contribution in [0.1, 0.15) is 11.7 Å². The minimum Gasteiger partial charge on any atom is -0.387 e. The van der Waals surface area contributed by atoms with E-state index in [0.717, 1.165) is 0 Å². The molecule has 0 aliphatic heterocycles. The van der Waals surface area contributed by atoms with Crippen molar-refractivity contribution in [3.05, 3.63) is 58.3 Å². The van der Waals surface area contributed by atoms with E-state index in [2.05, 4.69) is 15.6 Å². The lowest BCUT2D eigenvalue weighted by molar-refractivity contribution is 0.175. The van der Waals surface area contributed by atoms with E-state index < -0.39 is 12.1 Å². The number of amides is 2. The van der Waals surface area contributed by atoms with Crippen LogP contribution in [0.2, 0.25) is 10.2 Å². The van der Waals surface area contributed by atoms with Crippen LogP contribution >= 0.6 is 23.2 Å². The van der Waals surface area contributed by atoms with Gasteiger partial charge in [-0.2, -0.15) is 0 Å². The van der Waals surface area contributed by atoms with Crippen LogP contribution in [0.4, 0.5) is 10.5 Å². The van der Waals surface area contributed by atoms with Crippen molar-refractivity contribution in [2.75, 3.05) is 11.9 Å². The van der Waals surface area contributed by atoms with Crippen LogP contribution in [0.15, 0.2) is 42.6 Å². The third kappa shape index (κ3) is 4.60. The molecule has 0 aliphatic rings. The molecule has 0 aliphatic carbocycles. The number of nitrogens with zero attached hydrogens (tertiary/aromatic N) is 1. The molecule has 5 nitrogen and oxygen atoms in total. The van der Waals surface area contributed by atoms with Gasteiger partial charge in [0.05, 0.1) is 6.10 Å². The predicted molar refractivity (Wildman–Crippen MR) is 82.7 cm³/mol. The van der Waals surface area contributed by atoms with Crippen molar-refractivity contribution in [2.45, 2.75) is 6.10 Å². The van der Waals surface area contributed by atoms with Gasteiger partial charge in [0.25, 0.3) is 0 Å². The Morgan fingerprint density at radius 2 is 2.05 bits per heavy atom. The first-order chi connectivity index (χ1) is 10.1. The summed E-state index contributed by atoms with van der Waals surface area (Å²) >= 11 is 11.7. The Morgan fingerprint density at radius 3 is 2.76 bits per heavy atom. The fourth-order valence-electron chi connectivity index (χ4n) is 1.70. The number of aliphatic hydroxyl groups is 1. The maximum atomic E-state index is 11.7. The van der Waals surface area contributed by atoms with Gasteiger partial charge in [0.2, 0.25) is 0 Å². The standard InChI is InChI=1S/C14H13Cl2N3O2/c15-11-4-2-1-3-10(11)12(20)8-18-14(21)19-9-5-6-17-13(16)7-9/h1-7,12,20H,8H2,(H2,17,18,19,21). The van der Waals surface area contributed by atoms with Crippen molar-refractivity contribution < 1.29 is 9.90 Å². The number of halogens is 2. The van der Waals surface area contributed by atoms with E-state index in [1.807, 2.05) is 0 Å². The molecule has 1 heterocycles. The topological polar surface area (TPSA) is 74.2 Å². The average molecular weight is 326 g/mol. The number of anilines is 1. The molecule has 1 aromatic carbocycles. The Kier molecular flexibility index (Phi) is 5.38. The number of hydrogen-bond donors (Lipinski definition) is 3. The summed E-state index contributed by atoms with van der Waals surface area (Å²) in [7, 11) is 0. The van der Waals surface area contributed by atoms with Gasteiger partial charge >= 0.3 is 6.03 Å². The maximum Gasteiger partial charge on any atom is 0.319 e. The van der Waals surface area contributed by atoms with Crippen molar-refractivity contribution in [3.63, 3.8) is 0 Å². The van der Waals surface area contributed by atoms with Crippen LogP contribution in [0, 0.1) is 0 Å². The van der Waals surface area contributed by atoms with Gasteiger partial charge in [-0.05, 0) is 18.2 Å². The molecule has 0 spiro atoms. The molecule has 21 heavy (non-hydrogen) atoms. The van der Waals surface area contributed by atoms with E-state index in [0.29, 0.717) is 16.3 Å². The lowest BCUT2D eigenvalue weighted by atomic mass is 10.1. The zero-order chi connectivity index (χ0) is 15.2. The van der Waals surface area contributed by atoms with Crippen molar-refractivity contribution in [1.29, 1.82) is 0 Å². The maximum absolute atomic E-state index is 11.7. The molecule has 7 heteroatoms. The molecule has 0 radical (unpaired) electrons. The van der Waals surface area contributed by atoms with Gasteiger partial charge in [0, 0.05) is 29.0 Å². The van der Waals surface area contributed by atoms with Crippen molar-refractivity contribution in [2.24, 2.45) is 0 Å². The molecule has 0 saturated heterocycles. The fraction of sp³-hybridized carbons (Fsp3) is 0.143. The van der Waals surface area contributed by atoms with Crippen LogP contribution in [0.25, 0.3) is 0 Å². The number of aliphatic hydroxyl groups excluding tert-OH is 1. The lowest BCUT2D eigenvalue weighted by Gasteiger charge is -2.14. The SMILES string of the molecule is O=C(NCC(O)c1ccccc1Cl)Nc1ccnc(Cl)c1. The number of urea groups is 1. The summed E-state index contributed by atoms with van der Waals surface area (Å²) in [6, 6.07) is 9.59. The second-order valence-corrected chi connectivity index (χ2v) is 5.03. The van der Waals surface area contributed by atoms with E-state index in [-0.39, 0.29) is 11.7 Å².